The third-order valence-electron chi connectivity index (χ3n) is 1.62. The molecule has 0 N–H and O–H groups in total. The number of rotatable bonds is 4. The minimum absolute atomic E-state index is 0.295. The maximum Gasteiger partial charge on any atom is 0.175 e. The van der Waals surface area contributed by atoms with E-state index in [-0.39, 0.29) is 0 Å². The SMILES string of the molecule is C=CCOc1ccc(S(C)(=O)=O)cc1. The summed E-state index contributed by atoms with van der Waals surface area (Å²) in [6.45, 7) is 3.93. The first kappa shape index (κ1) is 10.8. The largest absolute Gasteiger partial charge is 0.490 e. The van der Waals surface area contributed by atoms with Crippen LogP contribution in [0.3, 0.4) is 0 Å². The Morgan fingerprint density at radius 1 is 1.36 bits per heavy atom. The van der Waals surface area contributed by atoms with Crippen LogP contribution in [-0.2, 0) is 9.84 Å². The van der Waals surface area contributed by atoms with Crippen LogP contribution >= 0.6 is 0 Å². The molecule has 0 saturated heterocycles. The third kappa shape index (κ3) is 2.88. The molecule has 0 aliphatic carbocycles. The average Bonchev–Trinajstić information content (AvgIpc) is 2.14. The van der Waals surface area contributed by atoms with Crippen LogP contribution in [0.4, 0.5) is 0 Å². The summed E-state index contributed by atoms with van der Waals surface area (Å²) in [6.07, 6.45) is 2.80. The highest BCUT2D eigenvalue weighted by Crippen LogP contribution is 2.15. The van der Waals surface area contributed by atoms with E-state index in [1.54, 1.807) is 18.2 Å². The summed E-state index contributed by atoms with van der Waals surface area (Å²) in [5.74, 6) is 0.636. The lowest BCUT2D eigenvalue weighted by atomic mass is 10.3. The highest BCUT2D eigenvalue weighted by atomic mass is 32.2. The lowest BCUT2D eigenvalue weighted by Gasteiger charge is -2.03. The van der Waals surface area contributed by atoms with Gasteiger partial charge in [0.25, 0.3) is 0 Å². The molecule has 0 heterocycles. The van der Waals surface area contributed by atoms with E-state index in [9.17, 15) is 8.42 Å². The van der Waals surface area contributed by atoms with E-state index < -0.39 is 9.84 Å². The molecule has 4 heteroatoms. The molecule has 0 aliphatic heterocycles. The van der Waals surface area contributed by atoms with Gasteiger partial charge in [-0.05, 0) is 24.3 Å². The van der Waals surface area contributed by atoms with Crippen LogP contribution in [-0.4, -0.2) is 21.3 Å². The number of hydrogen-bond acceptors (Lipinski definition) is 3. The van der Waals surface area contributed by atoms with Crippen molar-refractivity contribution in [2.75, 3.05) is 12.9 Å². The monoisotopic (exact) mass is 212 g/mol. The molecule has 0 fully saturated rings. The summed E-state index contributed by atoms with van der Waals surface area (Å²) in [6, 6.07) is 6.29. The Balaban J connectivity index is 2.84. The van der Waals surface area contributed by atoms with E-state index in [0.29, 0.717) is 17.3 Å². The number of hydrogen-bond donors (Lipinski definition) is 0. The average molecular weight is 212 g/mol. The van der Waals surface area contributed by atoms with Crippen LogP contribution in [0.25, 0.3) is 0 Å². The first-order valence-electron chi connectivity index (χ1n) is 4.08. The molecule has 0 radical (unpaired) electrons. The lowest BCUT2D eigenvalue weighted by molar-refractivity contribution is 0.363. The van der Waals surface area contributed by atoms with Crippen molar-refractivity contribution in [3.05, 3.63) is 36.9 Å². The molecule has 76 valence electrons. The highest BCUT2D eigenvalue weighted by Gasteiger charge is 2.05. The van der Waals surface area contributed by atoms with Crippen molar-refractivity contribution in [2.45, 2.75) is 4.90 Å². The van der Waals surface area contributed by atoms with Crippen molar-refractivity contribution in [3.63, 3.8) is 0 Å². The van der Waals surface area contributed by atoms with Gasteiger partial charge in [0.15, 0.2) is 9.84 Å². The molecule has 0 spiro atoms. The zero-order chi connectivity index (χ0) is 10.6. The maximum absolute atomic E-state index is 11.1. The summed E-state index contributed by atoms with van der Waals surface area (Å²) in [5.41, 5.74) is 0. The molecule has 3 nitrogen and oxygen atoms in total. The molecule has 0 aliphatic rings. The summed E-state index contributed by atoms with van der Waals surface area (Å²) in [4.78, 5) is 0.295. The van der Waals surface area contributed by atoms with Gasteiger partial charge in [0, 0.05) is 6.26 Å². The topological polar surface area (TPSA) is 43.4 Å². The van der Waals surface area contributed by atoms with Crippen LogP contribution in [0.1, 0.15) is 0 Å². The smallest absolute Gasteiger partial charge is 0.175 e. The quantitative estimate of drug-likeness (QED) is 0.713. The molecule has 0 unspecified atom stereocenters. The van der Waals surface area contributed by atoms with E-state index >= 15 is 0 Å². The van der Waals surface area contributed by atoms with E-state index in [1.807, 2.05) is 0 Å². The van der Waals surface area contributed by atoms with Gasteiger partial charge in [-0.3, -0.25) is 0 Å². The molecule has 1 rings (SSSR count). The predicted molar refractivity (Wildman–Crippen MR) is 55.2 cm³/mol. The number of sulfone groups is 1. The third-order valence-corrected chi connectivity index (χ3v) is 2.75. The van der Waals surface area contributed by atoms with Gasteiger partial charge < -0.3 is 4.74 Å². The van der Waals surface area contributed by atoms with E-state index in [0.717, 1.165) is 0 Å². The molecule has 0 aromatic heterocycles. The van der Waals surface area contributed by atoms with Crippen LogP contribution in [0.2, 0.25) is 0 Å². The van der Waals surface area contributed by atoms with E-state index in [2.05, 4.69) is 6.58 Å². The van der Waals surface area contributed by atoms with Gasteiger partial charge >= 0.3 is 0 Å². The number of ether oxygens (including phenoxy) is 1. The van der Waals surface area contributed by atoms with Crippen molar-refractivity contribution in [3.8, 4) is 5.75 Å². The molecule has 0 atom stereocenters. The van der Waals surface area contributed by atoms with Crippen LogP contribution < -0.4 is 4.74 Å². The zero-order valence-corrected chi connectivity index (χ0v) is 8.75. The van der Waals surface area contributed by atoms with Crippen LogP contribution in [0, 0.1) is 0 Å². The summed E-state index contributed by atoms with van der Waals surface area (Å²) in [7, 11) is -3.12. The van der Waals surface area contributed by atoms with Gasteiger partial charge in [-0.15, -0.1) is 0 Å². The maximum atomic E-state index is 11.1. The molecule has 14 heavy (non-hydrogen) atoms. The van der Waals surface area contributed by atoms with Crippen molar-refractivity contribution >= 4 is 9.84 Å². The molecular weight excluding hydrogens is 200 g/mol. The Labute approximate surface area is 83.9 Å². The normalized spacial score (nSPS) is 10.9. The molecule has 1 aromatic rings. The molecule has 1 aromatic carbocycles. The standard InChI is InChI=1S/C10H12O3S/c1-3-8-13-9-4-6-10(7-5-9)14(2,11)12/h3-7H,1,8H2,2H3. The fourth-order valence-corrected chi connectivity index (χ4v) is 1.57. The first-order valence-corrected chi connectivity index (χ1v) is 5.97. The second-order valence-corrected chi connectivity index (χ2v) is 4.86. The van der Waals surface area contributed by atoms with Crippen LogP contribution in [0.5, 0.6) is 5.75 Å². The second kappa shape index (κ2) is 4.28. The molecule has 0 bridgehead atoms. The lowest BCUT2D eigenvalue weighted by Crippen LogP contribution is -1.97. The van der Waals surface area contributed by atoms with Crippen molar-refractivity contribution in [1.29, 1.82) is 0 Å². The zero-order valence-electron chi connectivity index (χ0n) is 7.93. The van der Waals surface area contributed by atoms with Gasteiger partial charge in [0.2, 0.25) is 0 Å². The minimum atomic E-state index is -3.12. The van der Waals surface area contributed by atoms with Crippen molar-refractivity contribution < 1.29 is 13.2 Å². The van der Waals surface area contributed by atoms with Crippen molar-refractivity contribution in [1.82, 2.24) is 0 Å². The van der Waals surface area contributed by atoms with E-state index in [1.165, 1.54) is 18.4 Å². The number of benzene rings is 1. The molecule has 0 amide bonds. The van der Waals surface area contributed by atoms with Gasteiger partial charge in [0.1, 0.15) is 12.4 Å². The van der Waals surface area contributed by atoms with Crippen molar-refractivity contribution in [2.24, 2.45) is 0 Å². The summed E-state index contributed by atoms with van der Waals surface area (Å²) < 4.78 is 27.4. The predicted octanol–water partition coefficient (Wildman–Crippen LogP) is 1.65. The second-order valence-electron chi connectivity index (χ2n) is 2.84. The minimum Gasteiger partial charge on any atom is -0.490 e. The Morgan fingerprint density at radius 3 is 2.36 bits per heavy atom. The summed E-state index contributed by atoms with van der Waals surface area (Å²) >= 11 is 0. The van der Waals surface area contributed by atoms with E-state index in [4.69, 9.17) is 4.74 Å². The summed E-state index contributed by atoms with van der Waals surface area (Å²) in [5, 5.41) is 0. The fraction of sp³-hybridized carbons (Fsp3) is 0.200. The Kier molecular flexibility index (Phi) is 3.30. The fourth-order valence-electron chi connectivity index (χ4n) is 0.938. The molecule has 0 saturated carbocycles. The molecular formula is C10H12O3S. The van der Waals surface area contributed by atoms with Gasteiger partial charge in [-0.25, -0.2) is 8.42 Å². The highest BCUT2D eigenvalue weighted by molar-refractivity contribution is 7.90. The van der Waals surface area contributed by atoms with Gasteiger partial charge in [0.05, 0.1) is 4.90 Å². The Hall–Kier alpha value is -1.29. The van der Waals surface area contributed by atoms with Gasteiger partial charge in [-0.2, -0.15) is 0 Å². The Bertz CT molecular complexity index is 403. The van der Waals surface area contributed by atoms with Crippen LogP contribution in [0.15, 0.2) is 41.8 Å². The first-order chi connectivity index (χ1) is 6.54. The Morgan fingerprint density at radius 2 is 1.93 bits per heavy atom. The van der Waals surface area contributed by atoms with Gasteiger partial charge in [-0.1, -0.05) is 12.7 Å².